The standard InChI is InChI=1S/C15H20FNO2/c1-10-8-12(6-7-13(10)16)15(19)17-9-14(18)11-4-2-3-5-11/h6-8,11,14,18H,2-5,9H2,1H3,(H,17,19). The highest BCUT2D eigenvalue weighted by Gasteiger charge is 2.23. The van der Waals surface area contributed by atoms with Gasteiger partial charge in [0.1, 0.15) is 5.82 Å². The van der Waals surface area contributed by atoms with Crippen LogP contribution in [0.3, 0.4) is 0 Å². The predicted molar refractivity (Wildman–Crippen MR) is 71.4 cm³/mol. The molecule has 1 fully saturated rings. The molecule has 0 aromatic heterocycles. The van der Waals surface area contributed by atoms with Crippen molar-refractivity contribution in [3.05, 3.63) is 35.1 Å². The third-order valence-electron chi connectivity index (χ3n) is 3.84. The monoisotopic (exact) mass is 265 g/mol. The molecule has 1 aromatic carbocycles. The van der Waals surface area contributed by atoms with Crippen molar-refractivity contribution in [2.24, 2.45) is 5.92 Å². The van der Waals surface area contributed by atoms with Gasteiger partial charge in [-0.15, -0.1) is 0 Å². The van der Waals surface area contributed by atoms with Gasteiger partial charge >= 0.3 is 0 Å². The van der Waals surface area contributed by atoms with Crippen molar-refractivity contribution in [1.82, 2.24) is 5.32 Å². The molecule has 1 aliphatic rings. The maximum atomic E-state index is 13.1. The third kappa shape index (κ3) is 3.53. The molecule has 2 rings (SSSR count). The number of nitrogens with one attached hydrogen (secondary N) is 1. The number of aliphatic hydroxyl groups excluding tert-OH is 1. The molecule has 1 atom stereocenters. The molecule has 0 radical (unpaired) electrons. The van der Waals surface area contributed by atoms with E-state index in [1.807, 2.05) is 0 Å². The van der Waals surface area contributed by atoms with E-state index in [1.54, 1.807) is 6.92 Å². The average molecular weight is 265 g/mol. The largest absolute Gasteiger partial charge is 0.391 e. The van der Waals surface area contributed by atoms with Gasteiger partial charge in [0, 0.05) is 12.1 Å². The first-order valence-electron chi connectivity index (χ1n) is 6.80. The van der Waals surface area contributed by atoms with Gasteiger partial charge < -0.3 is 10.4 Å². The quantitative estimate of drug-likeness (QED) is 0.878. The van der Waals surface area contributed by atoms with E-state index in [9.17, 15) is 14.3 Å². The van der Waals surface area contributed by atoms with Gasteiger partial charge in [0.2, 0.25) is 0 Å². The molecule has 1 aromatic rings. The summed E-state index contributed by atoms with van der Waals surface area (Å²) in [6, 6.07) is 4.27. The number of benzene rings is 1. The zero-order chi connectivity index (χ0) is 13.8. The van der Waals surface area contributed by atoms with Crippen molar-refractivity contribution in [2.45, 2.75) is 38.7 Å². The molecule has 0 aliphatic heterocycles. The summed E-state index contributed by atoms with van der Waals surface area (Å²) in [5.74, 6) is -0.280. The fraction of sp³-hybridized carbons (Fsp3) is 0.533. The van der Waals surface area contributed by atoms with Crippen molar-refractivity contribution in [3.63, 3.8) is 0 Å². The highest BCUT2D eigenvalue weighted by molar-refractivity contribution is 5.94. The Morgan fingerprint density at radius 3 is 2.79 bits per heavy atom. The fourth-order valence-electron chi connectivity index (χ4n) is 2.59. The Morgan fingerprint density at radius 2 is 2.16 bits per heavy atom. The molecule has 19 heavy (non-hydrogen) atoms. The van der Waals surface area contributed by atoms with Gasteiger partial charge in [0.05, 0.1) is 6.10 Å². The van der Waals surface area contributed by atoms with Crippen LogP contribution in [0.1, 0.15) is 41.6 Å². The molecule has 0 spiro atoms. The Labute approximate surface area is 112 Å². The van der Waals surface area contributed by atoms with Crippen molar-refractivity contribution < 1.29 is 14.3 Å². The van der Waals surface area contributed by atoms with Crippen LogP contribution >= 0.6 is 0 Å². The molecule has 0 saturated heterocycles. The van der Waals surface area contributed by atoms with Crippen LogP contribution in [0.25, 0.3) is 0 Å². The summed E-state index contributed by atoms with van der Waals surface area (Å²) in [5.41, 5.74) is 0.876. The van der Waals surface area contributed by atoms with Crippen LogP contribution in [-0.4, -0.2) is 23.7 Å². The van der Waals surface area contributed by atoms with E-state index in [4.69, 9.17) is 0 Å². The summed E-state index contributed by atoms with van der Waals surface area (Å²) in [5, 5.41) is 12.7. The summed E-state index contributed by atoms with van der Waals surface area (Å²) in [7, 11) is 0. The van der Waals surface area contributed by atoms with Crippen molar-refractivity contribution in [1.29, 1.82) is 0 Å². The minimum Gasteiger partial charge on any atom is -0.391 e. The number of hydrogen-bond acceptors (Lipinski definition) is 2. The van der Waals surface area contributed by atoms with Gasteiger partial charge in [-0.1, -0.05) is 12.8 Å². The van der Waals surface area contributed by atoms with Gasteiger partial charge in [0.25, 0.3) is 5.91 Å². The van der Waals surface area contributed by atoms with Crippen LogP contribution in [0.5, 0.6) is 0 Å². The third-order valence-corrected chi connectivity index (χ3v) is 3.84. The number of carbonyl (C=O) groups excluding carboxylic acids is 1. The van der Waals surface area contributed by atoms with Crippen LogP contribution in [0.15, 0.2) is 18.2 Å². The lowest BCUT2D eigenvalue weighted by Gasteiger charge is -2.18. The van der Waals surface area contributed by atoms with Crippen LogP contribution in [0.4, 0.5) is 4.39 Å². The molecule has 0 heterocycles. The molecule has 1 saturated carbocycles. The molecule has 4 heteroatoms. The number of halogens is 1. The first-order valence-corrected chi connectivity index (χ1v) is 6.80. The molecule has 2 N–H and O–H groups in total. The Kier molecular flexibility index (Phi) is 4.53. The summed E-state index contributed by atoms with van der Waals surface area (Å²) < 4.78 is 13.1. The first kappa shape index (κ1) is 14.0. The van der Waals surface area contributed by atoms with Gasteiger partial charge in [-0.2, -0.15) is 0 Å². The SMILES string of the molecule is Cc1cc(C(=O)NCC(O)C2CCCC2)ccc1F. The lowest BCUT2D eigenvalue weighted by atomic mass is 10.0. The minimum atomic E-state index is -0.479. The zero-order valence-electron chi connectivity index (χ0n) is 11.2. The van der Waals surface area contributed by atoms with Crippen molar-refractivity contribution >= 4 is 5.91 Å². The molecular weight excluding hydrogens is 245 g/mol. The van der Waals surface area contributed by atoms with Crippen LogP contribution in [0, 0.1) is 18.7 Å². The van der Waals surface area contributed by atoms with E-state index in [2.05, 4.69) is 5.32 Å². The Hall–Kier alpha value is -1.42. The van der Waals surface area contributed by atoms with Crippen LogP contribution in [0.2, 0.25) is 0 Å². The highest BCUT2D eigenvalue weighted by Crippen LogP contribution is 2.27. The molecule has 1 aliphatic carbocycles. The van der Waals surface area contributed by atoms with Gasteiger partial charge in [-0.25, -0.2) is 4.39 Å². The Bertz CT molecular complexity index is 455. The van der Waals surface area contributed by atoms with Gasteiger partial charge in [0.15, 0.2) is 0 Å². The summed E-state index contributed by atoms with van der Waals surface area (Å²) in [6.07, 6.45) is 3.91. The minimum absolute atomic E-state index is 0.264. The smallest absolute Gasteiger partial charge is 0.251 e. The first-order chi connectivity index (χ1) is 9.08. The lowest BCUT2D eigenvalue weighted by Crippen LogP contribution is -2.35. The van der Waals surface area contributed by atoms with Gasteiger partial charge in [-0.3, -0.25) is 4.79 Å². The molecule has 1 amide bonds. The number of rotatable bonds is 4. The van der Waals surface area contributed by atoms with E-state index in [1.165, 1.54) is 18.2 Å². The molecule has 3 nitrogen and oxygen atoms in total. The van der Waals surface area contributed by atoms with E-state index >= 15 is 0 Å². The van der Waals surface area contributed by atoms with E-state index < -0.39 is 6.10 Å². The number of aliphatic hydroxyl groups is 1. The Morgan fingerprint density at radius 1 is 1.47 bits per heavy atom. The number of carbonyl (C=O) groups is 1. The van der Waals surface area contributed by atoms with Crippen molar-refractivity contribution in [3.8, 4) is 0 Å². The predicted octanol–water partition coefficient (Wildman–Crippen LogP) is 2.42. The van der Waals surface area contributed by atoms with E-state index in [-0.39, 0.29) is 18.3 Å². The number of hydrogen-bond donors (Lipinski definition) is 2. The second-order valence-electron chi connectivity index (χ2n) is 5.29. The summed E-state index contributed by atoms with van der Waals surface area (Å²) in [4.78, 5) is 11.9. The van der Waals surface area contributed by atoms with Crippen LogP contribution < -0.4 is 5.32 Å². The second-order valence-corrected chi connectivity index (χ2v) is 5.29. The Balaban J connectivity index is 1.88. The molecule has 104 valence electrons. The number of aryl methyl sites for hydroxylation is 1. The van der Waals surface area contributed by atoms with Crippen LogP contribution in [-0.2, 0) is 0 Å². The normalized spacial score (nSPS) is 17.4. The molecule has 0 bridgehead atoms. The van der Waals surface area contributed by atoms with Crippen molar-refractivity contribution in [2.75, 3.05) is 6.54 Å². The second kappa shape index (κ2) is 6.15. The zero-order valence-corrected chi connectivity index (χ0v) is 11.2. The average Bonchev–Trinajstić information content (AvgIpc) is 2.92. The summed E-state index contributed by atoms with van der Waals surface area (Å²) in [6.45, 7) is 1.89. The van der Waals surface area contributed by atoms with E-state index in [0.29, 0.717) is 17.0 Å². The highest BCUT2D eigenvalue weighted by atomic mass is 19.1. The lowest BCUT2D eigenvalue weighted by molar-refractivity contribution is 0.0840. The number of amides is 1. The van der Waals surface area contributed by atoms with E-state index in [0.717, 1.165) is 25.7 Å². The summed E-state index contributed by atoms with van der Waals surface area (Å²) >= 11 is 0. The molecule has 1 unspecified atom stereocenters. The maximum absolute atomic E-state index is 13.1. The fourth-order valence-corrected chi connectivity index (χ4v) is 2.59. The molecular formula is C15H20FNO2. The maximum Gasteiger partial charge on any atom is 0.251 e. The topological polar surface area (TPSA) is 49.3 Å². The van der Waals surface area contributed by atoms with Gasteiger partial charge in [-0.05, 0) is 49.4 Å².